The Morgan fingerprint density at radius 3 is 1.81 bits per heavy atom. The summed E-state index contributed by atoms with van der Waals surface area (Å²) in [4.78, 5) is 2.27. The molecule has 0 amide bonds. The molecule has 0 saturated heterocycles. The van der Waals surface area contributed by atoms with Crippen LogP contribution in [-0.2, 0) is 0 Å². The summed E-state index contributed by atoms with van der Waals surface area (Å²) in [5, 5.41) is 1.73. The van der Waals surface area contributed by atoms with Gasteiger partial charge in [-0.25, -0.2) is 0 Å². The smallest absolute Gasteiger partial charge is 0.0524 e. The van der Waals surface area contributed by atoms with Gasteiger partial charge in [0.15, 0.2) is 0 Å². The van der Waals surface area contributed by atoms with Crippen LogP contribution in [0, 0.1) is 6.92 Å². The second-order valence-electron chi connectivity index (χ2n) is 8.42. The van der Waals surface area contributed by atoms with Crippen molar-refractivity contribution in [3.8, 4) is 0 Å². The standard InChI is InChI=1S/C17H33NSi3/c1-14-11-12-17(18(3)4)16(13-14)15(2)19(20(5,6)7)21(8,9)10/h11-13H,1-10H3. The summed E-state index contributed by atoms with van der Waals surface area (Å²) >= 11 is 0. The molecule has 4 heteroatoms. The van der Waals surface area contributed by atoms with Crippen LogP contribution in [0.1, 0.15) is 18.1 Å². The highest BCUT2D eigenvalue weighted by molar-refractivity contribution is 7.61. The average molecular weight is 336 g/mol. The van der Waals surface area contributed by atoms with Crippen LogP contribution in [-0.4, -0.2) is 41.9 Å². The molecule has 0 atom stereocenters. The van der Waals surface area contributed by atoms with Crippen LogP contribution in [0.15, 0.2) is 18.2 Å². The highest BCUT2D eigenvalue weighted by Gasteiger charge is 2.34. The van der Waals surface area contributed by atoms with Gasteiger partial charge in [0.2, 0.25) is 0 Å². The van der Waals surface area contributed by atoms with E-state index in [4.69, 9.17) is 0 Å². The van der Waals surface area contributed by atoms with Gasteiger partial charge in [-0.2, -0.15) is 0 Å². The Morgan fingerprint density at radius 1 is 0.952 bits per heavy atom. The summed E-state index contributed by atoms with van der Waals surface area (Å²) in [6.07, 6.45) is 0. The van der Waals surface area contributed by atoms with E-state index in [9.17, 15) is 0 Å². The summed E-state index contributed by atoms with van der Waals surface area (Å²) in [6, 6.07) is 6.94. The molecule has 1 nitrogen and oxygen atoms in total. The zero-order chi connectivity index (χ0) is 16.6. The van der Waals surface area contributed by atoms with E-state index in [1.807, 2.05) is 0 Å². The average Bonchev–Trinajstić information content (AvgIpc) is 2.24. The minimum Gasteiger partial charge on any atom is -0.377 e. The molecule has 1 rings (SSSR count). The van der Waals surface area contributed by atoms with E-state index in [0.717, 1.165) is 0 Å². The van der Waals surface area contributed by atoms with Crippen molar-refractivity contribution in [2.75, 3.05) is 19.0 Å². The lowest BCUT2D eigenvalue weighted by Crippen LogP contribution is -2.56. The second kappa shape index (κ2) is 6.34. The maximum Gasteiger partial charge on any atom is 0.0524 e. The first kappa shape index (κ1) is 18.6. The summed E-state index contributed by atoms with van der Waals surface area (Å²) in [5.74, 6) is 0. The van der Waals surface area contributed by atoms with Gasteiger partial charge >= 0.3 is 0 Å². The minimum absolute atomic E-state index is 0.410. The molecule has 0 saturated carbocycles. The van der Waals surface area contributed by atoms with Crippen molar-refractivity contribution in [3.05, 3.63) is 29.3 Å². The number of anilines is 1. The second-order valence-corrected chi connectivity index (χ2v) is 32.4. The molecule has 118 valence electrons. The Kier molecular flexibility index (Phi) is 5.62. The van der Waals surface area contributed by atoms with Gasteiger partial charge in [-0.1, -0.05) is 62.1 Å². The SMILES string of the molecule is CC(c1cc(C)ccc1N(C)C)=[Si]([Si](C)(C)C)[Si](C)(C)C. The fourth-order valence-corrected chi connectivity index (χ4v) is 43.3. The van der Waals surface area contributed by atoms with Gasteiger partial charge < -0.3 is 4.90 Å². The molecular weight excluding hydrogens is 302 g/mol. The van der Waals surface area contributed by atoms with Gasteiger partial charge in [0, 0.05) is 19.8 Å². The molecule has 0 spiro atoms. The predicted octanol–water partition coefficient (Wildman–Crippen LogP) is 4.51. The molecular formula is C17H33NSi3. The van der Waals surface area contributed by atoms with Crippen molar-refractivity contribution in [1.29, 1.82) is 0 Å². The monoisotopic (exact) mass is 335 g/mol. The van der Waals surface area contributed by atoms with Gasteiger partial charge in [-0.15, -0.1) is 0 Å². The van der Waals surface area contributed by atoms with Crippen LogP contribution in [0.3, 0.4) is 0 Å². The number of aryl methyl sites for hydroxylation is 1. The van der Waals surface area contributed by atoms with Crippen molar-refractivity contribution in [3.63, 3.8) is 0 Å². The Balaban J connectivity index is 3.70. The first-order chi connectivity index (χ1) is 9.35. The first-order valence-corrected chi connectivity index (χ1v) is 18.4. The number of rotatable bonds is 4. The highest BCUT2D eigenvalue weighted by Crippen LogP contribution is 2.24. The van der Waals surface area contributed by atoms with Gasteiger partial charge in [0.05, 0.1) is 15.2 Å². The van der Waals surface area contributed by atoms with Crippen molar-refractivity contribution < 1.29 is 0 Å². The van der Waals surface area contributed by atoms with E-state index in [2.05, 4.69) is 90.3 Å². The maximum absolute atomic E-state index is 2.58. The summed E-state index contributed by atoms with van der Waals surface area (Å²) in [6.45, 7) is 20.1. The van der Waals surface area contributed by atoms with Gasteiger partial charge in [0.1, 0.15) is 0 Å². The van der Waals surface area contributed by atoms with E-state index in [1.165, 1.54) is 16.8 Å². The number of hydrogen-bond acceptors (Lipinski definition) is 1. The van der Waals surface area contributed by atoms with Crippen molar-refractivity contribution >= 4 is 33.5 Å². The molecule has 0 N–H and O–H groups in total. The molecule has 0 bridgehead atoms. The molecule has 1 aromatic rings. The summed E-state index contributed by atoms with van der Waals surface area (Å²) < 4.78 is 0. The first-order valence-electron chi connectivity index (χ1n) is 7.86. The van der Waals surface area contributed by atoms with E-state index in [0.29, 0.717) is 0 Å². The zero-order valence-corrected chi connectivity index (χ0v) is 18.7. The van der Waals surface area contributed by atoms with Crippen LogP contribution < -0.4 is 4.90 Å². The fraction of sp³-hybridized carbons (Fsp3) is 0.588. The number of benzene rings is 1. The van der Waals surface area contributed by atoms with Crippen molar-refractivity contribution in [2.45, 2.75) is 53.1 Å². The molecule has 0 aromatic heterocycles. The van der Waals surface area contributed by atoms with Gasteiger partial charge in [-0.3, -0.25) is 0 Å². The molecule has 0 aliphatic carbocycles. The molecule has 0 unspecified atom stereocenters. The maximum atomic E-state index is 2.58. The third kappa shape index (κ3) is 4.50. The molecule has 0 radical (unpaired) electrons. The number of nitrogens with zero attached hydrogens (tertiary/aromatic N) is 1. The van der Waals surface area contributed by atoms with E-state index in [1.54, 1.807) is 5.17 Å². The van der Waals surface area contributed by atoms with Gasteiger partial charge in [-0.05, 0) is 32.9 Å². The molecule has 0 aliphatic heterocycles. The lowest BCUT2D eigenvalue weighted by Gasteiger charge is -2.34. The highest BCUT2D eigenvalue weighted by atomic mass is 29.6. The molecule has 0 aliphatic rings. The van der Waals surface area contributed by atoms with E-state index in [-0.39, 0.29) is 0 Å². The summed E-state index contributed by atoms with van der Waals surface area (Å²) in [5.41, 5.74) is 4.28. The van der Waals surface area contributed by atoms with Crippen LogP contribution in [0.5, 0.6) is 0 Å². The quantitative estimate of drug-likeness (QED) is 0.732. The van der Waals surface area contributed by atoms with Crippen LogP contribution >= 0.6 is 0 Å². The fourth-order valence-electron chi connectivity index (χ4n) is 3.72. The minimum atomic E-state index is -1.13. The Bertz CT molecular complexity index is 530. The molecule has 1 aromatic carbocycles. The van der Waals surface area contributed by atoms with Crippen molar-refractivity contribution in [1.82, 2.24) is 0 Å². The third-order valence-electron chi connectivity index (χ3n) is 3.91. The third-order valence-corrected chi connectivity index (χ3v) is 32.7. The van der Waals surface area contributed by atoms with Gasteiger partial charge in [0.25, 0.3) is 0 Å². The molecule has 21 heavy (non-hydrogen) atoms. The summed E-state index contributed by atoms with van der Waals surface area (Å²) in [7, 11) is 1.65. The predicted molar refractivity (Wildman–Crippen MR) is 108 cm³/mol. The normalized spacial score (nSPS) is 12.3. The van der Waals surface area contributed by atoms with Crippen LogP contribution in [0.4, 0.5) is 5.69 Å². The molecule has 0 heterocycles. The molecule has 0 fully saturated rings. The Labute approximate surface area is 135 Å². The number of hydrogen-bond donors (Lipinski definition) is 0. The van der Waals surface area contributed by atoms with E-state index >= 15 is 0 Å². The largest absolute Gasteiger partial charge is 0.377 e. The Hall–Kier alpha value is -0.459. The Morgan fingerprint density at radius 2 is 1.43 bits per heavy atom. The van der Waals surface area contributed by atoms with E-state index < -0.39 is 22.6 Å². The lowest BCUT2D eigenvalue weighted by atomic mass is 10.1. The van der Waals surface area contributed by atoms with Crippen LogP contribution in [0.2, 0.25) is 39.3 Å². The lowest BCUT2D eigenvalue weighted by molar-refractivity contribution is 1.13. The van der Waals surface area contributed by atoms with Crippen LogP contribution in [0.25, 0.3) is 0 Å². The van der Waals surface area contributed by atoms with Crippen molar-refractivity contribution in [2.24, 2.45) is 0 Å². The zero-order valence-electron chi connectivity index (χ0n) is 15.7. The topological polar surface area (TPSA) is 3.24 Å².